The standard InChI is InChI=1S/C16H20ClNO3/c17-14-4-2-1-3-13(14)11-15(19)18-7-5-12(6-8-18)16-20-9-10-21-16/h1-4,12,16H,5-11H2. The van der Waals surface area contributed by atoms with Crippen molar-refractivity contribution in [2.24, 2.45) is 5.92 Å². The van der Waals surface area contributed by atoms with Crippen molar-refractivity contribution in [3.8, 4) is 0 Å². The number of carbonyl (C=O) groups is 1. The van der Waals surface area contributed by atoms with E-state index in [0.29, 0.717) is 30.6 Å². The van der Waals surface area contributed by atoms with Crippen molar-refractivity contribution >= 4 is 17.5 Å². The number of likely N-dealkylation sites (tertiary alicyclic amines) is 1. The molecule has 2 fully saturated rings. The van der Waals surface area contributed by atoms with Crippen molar-refractivity contribution in [1.82, 2.24) is 4.90 Å². The minimum absolute atomic E-state index is 0.0641. The van der Waals surface area contributed by atoms with Crippen LogP contribution >= 0.6 is 11.6 Å². The number of carbonyl (C=O) groups excluding carboxylic acids is 1. The fraction of sp³-hybridized carbons (Fsp3) is 0.562. The molecule has 0 radical (unpaired) electrons. The van der Waals surface area contributed by atoms with Gasteiger partial charge in [-0.05, 0) is 24.5 Å². The third-order valence-corrected chi connectivity index (χ3v) is 4.59. The summed E-state index contributed by atoms with van der Waals surface area (Å²) in [6.07, 6.45) is 2.20. The molecule has 21 heavy (non-hydrogen) atoms. The predicted molar refractivity (Wildman–Crippen MR) is 80.2 cm³/mol. The van der Waals surface area contributed by atoms with E-state index in [1.54, 1.807) is 0 Å². The smallest absolute Gasteiger partial charge is 0.227 e. The number of hydrogen-bond acceptors (Lipinski definition) is 3. The molecule has 0 saturated carbocycles. The van der Waals surface area contributed by atoms with Crippen LogP contribution in [0.1, 0.15) is 18.4 Å². The molecule has 2 aliphatic rings. The molecule has 3 rings (SSSR count). The molecule has 1 aromatic rings. The molecular weight excluding hydrogens is 290 g/mol. The molecule has 4 nitrogen and oxygen atoms in total. The van der Waals surface area contributed by atoms with Crippen LogP contribution in [-0.4, -0.2) is 43.4 Å². The van der Waals surface area contributed by atoms with E-state index in [0.717, 1.165) is 31.5 Å². The number of rotatable bonds is 3. The van der Waals surface area contributed by atoms with E-state index in [2.05, 4.69) is 0 Å². The van der Waals surface area contributed by atoms with Crippen LogP contribution in [0.15, 0.2) is 24.3 Å². The predicted octanol–water partition coefficient (Wildman–Crippen LogP) is 2.49. The van der Waals surface area contributed by atoms with E-state index in [9.17, 15) is 4.79 Å². The zero-order valence-corrected chi connectivity index (χ0v) is 12.7. The van der Waals surface area contributed by atoms with E-state index >= 15 is 0 Å². The third kappa shape index (κ3) is 3.57. The molecule has 2 heterocycles. The maximum absolute atomic E-state index is 12.4. The highest BCUT2D eigenvalue weighted by Crippen LogP contribution is 2.26. The highest BCUT2D eigenvalue weighted by atomic mass is 35.5. The Hall–Kier alpha value is -1.10. The van der Waals surface area contributed by atoms with Gasteiger partial charge >= 0.3 is 0 Å². The summed E-state index contributed by atoms with van der Waals surface area (Å²) in [5, 5.41) is 0.661. The molecule has 114 valence electrons. The van der Waals surface area contributed by atoms with E-state index in [1.807, 2.05) is 29.2 Å². The Morgan fingerprint density at radius 2 is 1.86 bits per heavy atom. The first-order chi connectivity index (χ1) is 10.2. The molecule has 0 spiro atoms. The Balaban J connectivity index is 1.52. The molecule has 5 heteroatoms. The van der Waals surface area contributed by atoms with E-state index in [1.165, 1.54) is 0 Å². The first-order valence-corrected chi connectivity index (χ1v) is 7.86. The quantitative estimate of drug-likeness (QED) is 0.861. The minimum Gasteiger partial charge on any atom is -0.350 e. The zero-order chi connectivity index (χ0) is 14.7. The molecule has 1 amide bonds. The largest absolute Gasteiger partial charge is 0.350 e. The fourth-order valence-corrected chi connectivity index (χ4v) is 3.19. The molecule has 1 aromatic carbocycles. The molecule has 0 aliphatic carbocycles. The Morgan fingerprint density at radius 1 is 1.19 bits per heavy atom. The van der Waals surface area contributed by atoms with Gasteiger partial charge in [0, 0.05) is 24.0 Å². The maximum atomic E-state index is 12.4. The summed E-state index contributed by atoms with van der Waals surface area (Å²) in [6.45, 7) is 2.93. The van der Waals surface area contributed by atoms with Crippen LogP contribution in [0.4, 0.5) is 0 Å². The highest BCUT2D eigenvalue weighted by Gasteiger charge is 2.31. The van der Waals surface area contributed by atoms with Gasteiger partial charge in [0.2, 0.25) is 5.91 Å². The van der Waals surface area contributed by atoms with Crippen LogP contribution in [-0.2, 0) is 20.7 Å². The fourth-order valence-electron chi connectivity index (χ4n) is 2.99. The van der Waals surface area contributed by atoms with Crippen LogP contribution in [0.2, 0.25) is 5.02 Å². The van der Waals surface area contributed by atoms with Crippen molar-refractivity contribution in [2.45, 2.75) is 25.6 Å². The van der Waals surface area contributed by atoms with Gasteiger partial charge in [0.15, 0.2) is 6.29 Å². The average Bonchev–Trinajstić information content (AvgIpc) is 3.04. The topological polar surface area (TPSA) is 38.8 Å². The second kappa shape index (κ2) is 6.77. The number of amides is 1. The summed E-state index contributed by atoms with van der Waals surface area (Å²) in [4.78, 5) is 14.3. The van der Waals surface area contributed by atoms with Gasteiger partial charge in [-0.15, -0.1) is 0 Å². The van der Waals surface area contributed by atoms with Crippen LogP contribution in [0, 0.1) is 5.92 Å². The Kier molecular flexibility index (Phi) is 4.78. The zero-order valence-electron chi connectivity index (χ0n) is 12.0. The number of nitrogens with zero attached hydrogens (tertiary/aromatic N) is 1. The molecule has 2 saturated heterocycles. The molecule has 2 aliphatic heterocycles. The molecule has 0 aromatic heterocycles. The summed E-state index contributed by atoms with van der Waals surface area (Å²) in [7, 11) is 0. The maximum Gasteiger partial charge on any atom is 0.227 e. The summed E-state index contributed by atoms with van der Waals surface area (Å²) in [5.41, 5.74) is 0.897. The summed E-state index contributed by atoms with van der Waals surface area (Å²) < 4.78 is 11.1. The lowest BCUT2D eigenvalue weighted by Gasteiger charge is -2.34. The van der Waals surface area contributed by atoms with E-state index in [-0.39, 0.29) is 12.2 Å². The lowest BCUT2D eigenvalue weighted by Crippen LogP contribution is -2.42. The molecule has 0 atom stereocenters. The number of piperidine rings is 1. The molecular formula is C16H20ClNO3. The van der Waals surface area contributed by atoms with Gasteiger partial charge in [-0.3, -0.25) is 4.79 Å². The first-order valence-electron chi connectivity index (χ1n) is 7.48. The Morgan fingerprint density at radius 3 is 2.52 bits per heavy atom. The summed E-state index contributed by atoms with van der Waals surface area (Å²) in [5.74, 6) is 0.562. The summed E-state index contributed by atoms with van der Waals surface area (Å²) in [6, 6.07) is 7.53. The van der Waals surface area contributed by atoms with Crippen LogP contribution in [0.25, 0.3) is 0 Å². The van der Waals surface area contributed by atoms with Crippen molar-refractivity contribution in [1.29, 1.82) is 0 Å². The first kappa shape index (κ1) is 14.8. The molecule has 0 N–H and O–H groups in total. The number of ether oxygens (including phenoxy) is 2. The van der Waals surface area contributed by atoms with Crippen molar-refractivity contribution < 1.29 is 14.3 Å². The average molecular weight is 310 g/mol. The Labute approximate surface area is 130 Å². The highest BCUT2D eigenvalue weighted by molar-refractivity contribution is 6.31. The SMILES string of the molecule is O=C(Cc1ccccc1Cl)N1CCC(C2OCCO2)CC1. The van der Waals surface area contributed by atoms with Crippen molar-refractivity contribution in [3.05, 3.63) is 34.9 Å². The van der Waals surface area contributed by atoms with Gasteiger partial charge in [0.25, 0.3) is 0 Å². The molecule has 0 unspecified atom stereocenters. The van der Waals surface area contributed by atoms with Gasteiger partial charge in [-0.25, -0.2) is 0 Å². The third-order valence-electron chi connectivity index (χ3n) is 4.22. The molecule has 0 bridgehead atoms. The minimum atomic E-state index is -0.0641. The van der Waals surface area contributed by atoms with Gasteiger partial charge in [-0.1, -0.05) is 29.8 Å². The number of hydrogen-bond donors (Lipinski definition) is 0. The van der Waals surface area contributed by atoms with Crippen molar-refractivity contribution in [3.63, 3.8) is 0 Å². The second-order valence-corrected chi connectivity index (χ2v) is 6.00. The van der Waals surface area contributed by atoms with Crippen LogP contribution in [0.5, 0.6) is 0 Å². The van der Waals surface area contributed by atoms with Crippen molar-refractivity contribution in [2.75, 3.05) is 26.3 Å². The summed E-state index contributed by atoms with van der Waals surface area (Å²) >= 11 is 6.11. The van der Waals surface area contributed by atoms with Gasteiger partial charge in [0.1, 0.15) is 0 Å². The van der Waals surface area contributed by atoms with Gasteiger partial charge in [-0.2, -0.15) is 0 Å². The van der Waals surface area contributed by atoms with Crippen LogP contribution in [0.3, 0.4) is 0 Å². The normalized spacial score (nSPS) is 20.9. The van der Waals surface area contributed by atoms with Gasteiger partial charge < -0.3 is 14.4 Å². The number of benzene rings is 1. The van der Waals surface area contributed by atoms with Gasteiger partial charge in [0.05, 0.1) is 19.6 Å². The second-order valence-electron chi connectivity index (χ2n) is 5.60. The lowest BCUT2D eigenvalue weighted by atomic mass is 9.95. The monoisotopic (exact) mass is 309 g/mol. The van der Waals surface area contributed by atoms with E-state index in [4.69, 9.17) is 21.1 Å². The Bertz CT molecular complexity index is 494. The number of halogens is 1. The lowest BCUT2D eigenvalue weighted by molar-refractivity contribution is -0.136. The van der Waals surface area contributed by atoms with E-state index < -0.39 is 0 Å². The van der Waals surface area contributed by atoms with Crippen LogP contribution < -0.4 is 0 Å².